The Morgan fingerprint density at radius 3 is 2.58 bits per heavy atom. The molecule has 1 aliphatic rings. The van der Waals surface area contributed by atoms with Crippen LogP contribution in [0.15, 0.2) is 48.5 Å². The zero-order valence-electron chi connectivity index (χ0n) is 15.0. The van der Waals surface area contributed by atoms with Crippen molar-refractivity contribution in [2.45, 2.75) is 25.2 Å². The van der Waals surface area contributed by atoms with E-state index in [0.717, 1.165) is 12.8 Å². The van der Waals surface area contributed by atoms with Crippen LogP contribution in [-0.2, 0) is 10.2 Å². The second-order valence-corrected chi connectivity index (χ2v) is 6.93. The number of hydrogen-bond donors (Lipinski definition) is 1. The first kappa shape index (κ1) is 18.7. The van der Waals surface area contributed by atoms with E-state index in [1.54, 1.807) is 18.2 Å². The fraction of sp³-hybridized carbons (Fsp3) is 0.381. The molecule has 0 atom stereocenters. The van der Waals surface area contributed by atoms with E-state index in [9.17, 15) is 4.79 Å². The van der Waals surface area contributed by atoms with E-state index in [1.807, 2.05) is 25.1 Å². The van der Waals surface area contributed by atoms with Gasteiger partial charge in [0.15, 0.2) is 0 Å². The summed E-state index contributed by atoms with van der Waals surface area (Å²) in [7, 11) is 0. The van der Waals surface area contributed by atoms with Crippen molar-refractivity contribution in [2.24, 2.45) is 0 Å². The molecule has 1 saturated heterocycles. The third-order valence-corrected chi connectivity index (χ3v) is 5.21. The Balaban J connectivity index is 1.73. The second-order valence-electron chi connectivity index (χ2n) is 6.52. The standard InChI is InChI=1S/C21H24ClNO3/c1-2-26-19-9-8-16(14-18(19)22)20(24)23-15-21(10-12-25-13-11-21)17-6-4-3-5-7-17/h3-9,14H,2,10-13,15H2,1H3,(H,23,24). The van der Waals surface area contributed by atoms with E-state index in [4.69, 9.17) is 21.1 Å². The molecular weight excluding hydrogens is 350 g/mol. The molecule has 138 valence electrons. The van der Waals surface area contributed by atoms with Gasteiger partial charge in [0.2, 0.25) is 0 Å². The van der Waals surface area contributed by atoms with Crippen molar-refractivity contribution in [3.05, 3.63) is 64.7 Å². The van der Waals surface area contributed by atoms with Gasteiger partial charge in [-0.05, 0) is 43.5 Å². The topological polar surface area (TPSA) is 47.6 Å². The molecule has 0 unspecified atom stereocenters. The highest BCUT2D eigenvalue weighted by Crippen LogP contribution is 2.34. The predicted octanol–water partition coefficient (Wildman–Crippen LogP) is 4.22. The number of ether oxygens (including phenoxy) is 2. The van der Waals surface area contributed by atoms with Gasteiger partial charge in [0, 0.05) is 30.7 Å². The molecule has 1 heterocycles. The SMILES string of the molecule is CCOc1ccc(C(=O)NCC2(c3ccccc3)CCOCC2)cc1Cl. The Labute approximate surface area is 159 Å². The van der Waals surface area contributed by atoms with Crippen LogP contribution in [-0.4, -0.2) is 32.3 Å². The molecule has 0 aliphatic carbocycles. The van der Waals surface area contributed by atoms with E-state index in [0.29, 0.717) is 42.7 Å². The van der Waals surface area contributed by atoms with Crippen LogP contribution in [0.2, 0.25) is 5.02 Å². The summed E-state index contributed by atoms with van der Waals surface area (Å²) in [6, 6.07) is 15.5. The second kappa shape index (κ2) is 8.56. The average Bonchev–Trinajstić information content (AvgIpc) is 2.69. The van der Waals surface area contributed by atoms with Crippen LogP contribution in [0.25, 0.3) is 0 Å². The summed E-state index contributed by atoms with van der Waals surface area (Å²) < 4.78 is 11.0. The maximum absolute atomic E-state index is 12.6. The number of hydrogen-bond acceptors (Lipinski definition) is 3. The number of nitrogens with one attached hydrogen (secondary N) is 1. The summed E-state index contributed by atoms with van der Waals surface area (Å²) in [5.41, 5.74) is 1.69. The fourth-order valence-corrected chi connectivity index (χ4v) is 3.62. The molecule has 4 nitrogen and oxygen atoms in total. The Morgan fingerprint density at radius 2 is 1.92 bits per heavy atom. The molecule has 2 aromatic carbocycles. The molecule has 0 aromatic heterocycles. The first-order valence-electron chi connectivity index (χ1n) is 8.98. The summed E-state index contributed by atoms with van der Waals surface area (Å²) in [6.45, 7) is 4.42. The first-order chi connectivity index (χ1) is 12.6. The third-order valence-electron chi connectivity index (χ3n) is 4.92. The van der Waals surface area contributed by atoms with Crippen molar-refractivity contribution in [1.29, 1.82) is 0 Å². The Bertz CT molecular complexity index is 742. The molecule has 3 rings (SSSR count). The van der Waals surface area contributed by atoms with Gasteiger partial charge in [-0.1, -0.05) is 41.9 Å². The molecule has 1 fully saturated rings. The molecule has 1 amide bonds. The molecule has 0 radical (unpaired) electrons. The highest BCUT2D eigenvalue weighted by Gasteiger charge is 2.34. The largest absolute Gasteiger partial charge is 0.492 e. The third kappa shape index (κ3) is 4.19. The van der Waals surface area contributed by atoms with Gasteiger partial charge in [0.05, 0.1) is 11.6 Å². The minimum Gasteiger partial charge on any atom is -0.492 e. The van der Waals surface area contributed by atoms with Gasteiger partial charge in [-0.3, -0.25) is 4.79 Å². The first-order valence-corrected chi connectivity index (χ1v) is 9.36. The molecule has 5 heteroatoms. The van der Waals surface area contributed by atoms with Gasteiger partial charge in [0.25, 0.3) is 5.91 Å². The van der Waals surface area contributed by atoms with Crippen molar-refractivity contribution >= 4 is 17.5 Å². The van der Waals surface area contributed by atoms with Crippen LogP contribution >= 0.6 is 11.6 Å². The van der Waals surface area contributed by atoms with Crippen LogP contribution in [0, 0.1) is 0 Å². The van der Waals surface area contributed by atoms with Gasteiger partial charge < -0.3 is 14.8 Å². The highest BCUT2D eigenvalue weighted by atomic mass is 35.5. The zero-order valence-corrected chi connectivity index (χ0v) is 15.7. The Kier molecular flexibility index (Phi) is 6.17. The van der Waals surface area contributed by atoms with E-state index in [1.165, 1.54) is 5.56 Å². The van der Waals surface area contributed by atoms with Crippen LogP contribution in [0.1, 0.15) is 35.7 Å². The smallest absolute Gasteiger partial charge is 0.251 e. The Morgan fingerprint density at radius 1 is 1.19 bits per heavy atom. The summed E-state index contributed by atoms with van der Waals surface area (Å²) in [5, 5.41) is 3.54. The number of carbonyl (C=O) groups excluding carboxylic acids is 1. The molecule has 1 aliphatic heterocycles. The van der Waals surface area contributed by atoms with Crippen LogP contribution in [0.5, 0.6) is 5.75 Å². The molecule has 2 aromatic rings. The Hall–Kier alpha value is -2.04. The van der Waals surface area contributed by atoms with E-state index in [2.05, 4.69) is 17.4 Å². The lowest BCUT2D eigenvalue weighted by atomic mass is 9.74. The maximum Gasteiger partial charge on any atom is 0.251 e. The predicted molar refractivity (Wildman–Crippen MR) is 103 cm³/mol. The van der Waals surface area contributed by atoms with Crippen molar-refractivity contribution in [2.75, 3.05) is 26.4 Å². The highest BCUT2D eigenvalue weighted by molar-refractivity contribution is 6.32. The van der Waals surface area contributed by atoms with Crippen LogP contribution < -0.4 is 10.1 Å². The van der Waals surface area contributed by atoms with E-state index >= 15 is 0 Å². The van der Waals surface area contributed by atoms with Gasteiger partial charge in [0.1, 0.15) is 5.75 Å². The lowest BCUT2D eigenvalue weighted by Crippen LogP contribution is -2.44. The van der Waals surface area contributed by atoms with Gasteiger partial charge in [-0.25, -0.2) is 0 Å². The van der Waals surface area contributed by atoms with Crippen molar-refractivity contribution in [3.63, 3.8) is 0 Å². The molecule has 0 spiro atoms. The minimum atomic E-state index is -0.128. The molecule has 26 heavy (non-hydrogen) atoms. The van der Waals surface area contributed by atoms with Crippen molar-refractivity contribution < 1.29 is 14.3 Å². The van der Waals surface area contributed by atoms with Crippen LogP contribution in [0.3, 0.4) is 0 Å². The lowest BCUT2D eigenvalue weighted by Gasteiger charge is -2.38. The van der Waals surface area contributed by atoms with Crippen molar-refractivity contribution in [3.8, 4) is 5.75 Å². The number of amides is 1. The number of carbonyl (C=O) groups is 1. The summed E-state index contributed by atoms with van der Waals surface area (Å²) in [6.07, 6.45) is 1.78. The average molecular weight is 374 g/mol. The monoisotopic (exact) mass is 373 g/mol. The zero-order chi connectivity index (χ0) is 18.4. The molecule has 0 bridgehead atoms. The van der Waals surface area contributed by atoms with Crippen molar-refractivity contribution in [1.82, 2.24) is 5.32 Å². The minimum absolute atomic E-state index is 0.0930. The number of halogens is 1. The number of rotatable bonds is 6. The quantitative estimate of drug-likeness (QED) is 0.824. The van der Waals surface area contributed by atoms with Gasteiger partial charge in [-0.2, -0.15) is 0 Å². The molecule has 1 N–H and O–H groups in total. The van der Waals surface area contributed by atoms with E-state index < -0.39 is 0 Å². The normalized spacial score (nSPS) is 16.1. The van der Waals surface area contributed by atoms with Crippen LogP contribution in [0.4, 0.5) is 0 Å². The van der Waals surface area contributed by atoms with Gasteiger partial charge in [-0.15, -0.1) is 0 Å². The molecular formula is C21H24ClNO3. The lowest BCUT2D eigenvalue weighted by molar-refractivity contribution is 0.0487. The fourth-order valence-electron chi connectivity index (χ4n) is 3.39. The summed E-state index contributed by atoms with van der Waals surface area (Å²) in [4.78, 5) is 12.6. The molecule has 0 saturated carbocycles. The maximum atomic E-state index is 12.6. The summed E-state index contributed by atoms with van der Waals surface area (Å²) in [5.74, 6) is 0.465. The van der Waals surface area contributed by atoms with E-state index in [-0.39, 0.29) is 11.3 Å². The summed E-state index contributed by atoms with van der Waals surface area (Å²) >= 11 is 6.20. The number of benzene rings is 2. The van der Waals surface area contributed by atoms with Gasteiger partial charge >= 0.3 is 0 Å².